The van der Waals surface area contributed by atoms with E-state index >= 15 is 0 Å². The smallest absolute Gasteiger partial charge is 0.168 e. The molecule has 0 aromatic heterocycles. The molecule has 0 aliphatic rings. The number of hydrogen-bond donors (Lipinski definition) is 1. The molecule has 0 fully saturated rings. The minimum Gasteiger partial charge on any atom is -0.493 e. The molecule has 2 aromatic rings. The van der Waals surface area contributed by atoms with Crippen LogP contribution in [0.4, 0.5) is 5.69 Å². The Morgan fingerprint density at radius 2 is 1.64 bits per heavy atom. The highest BCUT2D eigenvalue weighted by Crippen LogP contribution is 2.40. The number of ether oxygens (including phenoxy) is 2. The fraction of sp³-hybridized carbons (Fsp3) is 0.333. The molecule has 4 heteroatoms. The maximum Gasteiger partial charge on any atom is 0.168 e. The summed E-state index contributed by atoms with van der Waals surface area (Å²) in [5.41, 5.74) is 10.3. The quantitative estimate of drug-likeness (QED) is 0.918. The standard InChI is InChI=1S/C18H24N2O2/c1-12(19)14-10-16(18(22-5)17(11-14)21-4)13-6-8-15(9-7-13)20(2)3/h6-12H,19H2,1-5H3. The molecular weight excluding hydrogens is 276 g/mol. The average molecular weight is 300 g/mol. The van der Waals surface area contributed by atoms with Crippen LogP contribution in [0.25, 0.3) is 11.1 Å². The zero-order valence-electron chi connectivity index (χ0n) is 13.9. The van der Waals surface area contributed by atoms with Crippen LogP contribution >= 0.6 is 0 Å². The van der Waals surface area contributed by atoms with E-state index in [1.165, 1.54) is 0 Å². The molecule has 0 saturated heterocycles. The van der Waals surface area contributed by atoms with E-state index in [1.54, 1.807) is 14.2 Å². The van der Waals surface area contributed by atoms with Crippen molar-refractivity contribution in [2.24, 2.45) is 5.73 Å². The predicted molar refractivity (Wildman–Crippen MR) is 91.9 cm³/mol. The fourth-order valence-electron chi connectivity index (χ4n) is 2.40. The number of benzene rings is 2. The van der Waals surface area contributed by atoms with Crippen LogP contribution in [0.5, 0.6) is 11.5 Å². The lowest BCUT2D eigenvalue weighted by Gasteiger charge is -2.18. The highest BCUT2D eigenvalue weighted by atomic mass is 16.5. The monoisotopic (exact) mass is 300 g/mol. The number of rotatable bonds is 5. The summed E-state index contributed by atoms with van der Waals surface area (Å²) in [6.07, 6.45) is 0. The summed E-state index contributed by atoms with van der Waals surface area (Å²) in [5, 5.41) is 0. The highest BCUT2D eigenvalue weighted by molar-refractivity contribution is 5.76. The Kier molecular flexibility index (Phi) is 4.93. The summed E-state index contributed by atoms with van der Waals surface area (Å²) in [5.74, 6) is 1.42. The molecule has 0 saturated carbocycles. The number of nitrogens with two attached hydrogens (primary N) is 1. The Morgan fingerprint density at radius 3 is 2.09 bits per heavy atom. The molecule has 0 aliphatic heterocycles. The molecule has 0 bridgehead atoms. The molecule has 22 heavy (non-hydrogen) atoms. The summed E-state index contributed by atoms with van der Waals surface area (Å²) < 4.78 is 11.0. The van der Waals surface area contributed by atoms with Gasteiger partial charge in [0.25, 0.3) is 0 Å². The molecule has 4 nitrogen and oxygen atoms in total. The zero-order chi connectivity index (χ0) is 16.3. The second-order valence-corrected chi connectivity index (χ2v) is 5.53. The van der Waals surface area contributed by atoms with Crippen LogP contribution in [-0.2, 0) is 0 Å². The zero-order valence-corrected chi connectivity index (χ0v) is 13.9. The third kappa shape index (κ3) is 3.17. The third-order valence-electron chi connectivity index (χ3n) is 3.72. The second-order valence-electron chi connectivity index (χ2n) is 5.53. The van der Waals surface area contributed by atoms with Crippen LogP contribution in [0.1, 0.15) is 18.5 Å². The SMILES string of the molecule is COc1cc(C(C)N)cc(-c2ccc(N(C)C)cc2)c1OC. The van der Waals surface area contributed by atoms with Gasteiger partial charge in [0, 0.05) is 31.4 Å². The van der Waals surface area contributed by atoms with E-state index in [2.05, 4.69) is 35.2 Å². The van der Waals surface area contributed by atoms with Gasteiger partial charge < -0.3 is 20.1 Å². The van der Waals surface area contributed by atoms with Crippen molar-refractivity contribution in [3.8, 4) is 22.6 Å². The van der Waals surface area contributed by atoms with Crippen molar-refractivity contribution in [2.75, 3.05) is 33.2 Å². The first-order valence-electron chi connectivity index (χ1n) is 7.27. The van der Waals surface area contributed by atoms with E-state index in [-0.39, 0.29) is 6.04 Å². The Bertz CT molecular complexity index is 634. The van der Waals surface area contributed by atoms with Crippen molar-refractivity contribution < 1.29 is 9.47 Å². The maximum absolute atomic E-state index is 6.04. The van der Waals surface area contributed by atoms with Gasteiger partial charge in [0.15, 0.2) is 11.5 Å². The summed E-state index contributed by atoms with van der Waals surface area (Å²) >= 11 is 0. The van der Waals surface area contributed by atoms with Crippen LogP contribution in [0, 0.1) is 0 Å². The normalized spacial score (nSPS) is 11.9. The van der Waals surface area contributed by atoms with Gasteiger partial charge in [0.1, 0.15) is 0 Å². The lowest BCUT2D eigenvalue weighted by molar-refractivity contribution is 0.355. The van der Waals surface area contributed by atoms with Crippen molar-refractivity contribution in [3.05, 3.63) is 42.0 Å². The van der Waals surface area contributed by atoms with Gasteiger partial charge in [-0.15, -0.1) is 0 Å². The fourth-order valence-corrected chi connectivity index (χ4v) is 2.40. The van der Waals surface area contributed by atoms with Gasteiger partial charge in [-0.2, -0.15) is 0 Å². The minimum atomic E-state index is -0.0698. The topological polar surface area (TPSA) is 47.7 Å². The molecule has 0 heterocycles. The first-order chi connectivity index (χ1) is 10.5. The van der Waals surface area contributed by atoms with E-state index in [0.29, 0.717) is 5.75 Å². The van der Waals surface area contributed by atoms with Gasteiger partial charge >= 0.3 is 0 Å². The van der Waals surface area contributed by atoms with Gasteiger partial charge in [-0.1, -0.05) is 12.1 Å². The van der Waals surface area contributed by atoms with Crippen molar-refractivity contribution in [2.45, 2.75) is 13.0 Å². The molecule has 0 spiro atoms. The van der Waals surface area contributed by atoms with Gasteiger partial charge in [0.05, 0.1) is 14.2 Å². The van der Waals surface area contributed by atoms with Gasteiger partial charge in [-0.25, -0.2) is 0 Å². The summed E-state index contributed by atoms with van der Waals surface area (Å²) in [6, 6.07) is 12.3. The van der Waals surface area contributed by atoms with Crippen LogP contribution < -0.4 is 20.1 Å². The molecule has 0 aliphatic carbocycles. The van der Waals surface area contributed by atoms with Crippen LogP contribution in [0.3, 0.4) is 0 Å². The molecule has 2 aromatic carbocycles. The number of methoxy groups -OCH3 is 2. The molecule has 2 rings (SSSR count). The summed E-state index contributed by atoms with van der Waals surface area (Å²) in [7, 11) is 7.34. The third-order valence-corrected chi connectivity index (χ3v) is 3.72. The molecular formula is C18H24N2O2. The maximum atomic E-state index is 6.04. The molecule has 1 atom stereocenters. The molecule has 0 amide bonds. The second kappa shape index (κ2) is 6.71. The Hall–Kier alpha value is -2.20. The Morgan fingerprint density at radius 1 is 1.00 bits per heavy atom. The Balaban J connectivity index is 2.58. The lowest BCUT2D eigenvalue weighted by atomic mass is 9.98. The minimum absolute atomic E-state index is 0.0698. The molecule has 0 radical (unpaired) electrons. The Labute approximate surface area is 132 Å². The molecule has 118 valence electrons. The molecule has 2 N–H and O–H groups in total. The van der Waals surface area contributed by atoms with E-state index in [4.69, 9.17) is 15.2 Å². The largest absolute Gasteiger partial charge is 0.493 e. The summed E-state index contributed by atoms with van der Waals surface area (Å²) in [4.78, 5) is 2.07. The average Bonchev–Trinajstić information content (AvgIpc) is 2.53. The van der Waals surface area contributed by atoms with E-state index in [9.17, 15) is 0 Å². The van der Waals surface area contributed by atoms with Crippen LogP contribution in [0.2, 0.25) is 0 Å². The van der Waals surface area contributed by atoms with Crippen LogP contribution in [-0.4, -0.2) is 28.3 Å². The lowest BCUT2D eigenvalue weighted by Crippen LogP contribution is -2.08. The van der Waals surface area contributed by atoms with Crippen LogP contribution in [0.15, 0.2) is 36.4 Å². The van der Waals surface area contributed by atoms with Crippen molar-refractivity contribution in [3.63, 3.8) is 0 Å². The van der Waals surface area contributed by atoms with E-state index in [1.807, 2.05) is 27.1 Å². The van der Waals surface area contributed by atoms with Crippen molar-refractivity contribution >= 4 is 5.69 Å². The predicted octanol–water partition coefficient (Wildman–Crippen LogP) is 3.46. The summed E-state index contributed by atoms with van der Waals surface area (Å²) in [6.45, 7) is 1.96. The molecule has 1 unspecified atom stereocenters. The highest BCUT2D eigenvalue weighted by Gasteiger charge is 2.15. The van der Waals surface area contributed by atoms with Gasteiger partial charge in [-0.05, 0) is 42.3 Å². The number of hydrogen-bond acceptors (Lipinski definition) is 4. The van der Waals surface area contributed by atoms with Crippen molar-refractivity contribution in [1.29, 1.82) is 0 Å². The van der Waals surface area contributed by atoms with E-state index in [0.717, 1.165) is 28.1 Å². The van der Waals surface area contributed by atoms with Gasteiger partial charge in [0.2, 0.25) is 0 Å². The number of nitrogens with zero attached hydrogens (tertiary/aromatic N) is 1. The van der Waals surface area contributed by atoms with Gasteiger partial charge in [-0.3, -0.25) is 0 Å². The first kappa shape index (κ1) is 16.2. The number of anilines is 1. The van der Waals surface area contributed by atoms with E-state index < -0.39 is 0 Å². The first-order valence-corrected chi connectivity index (χ1v) is 7.27. The van der Waals surface area contributed by atoms with Crippen molar-refractivity contribution in [1.82, 2.24) is 0 Å².